The molecule has 0 saturated heterocycles. The van der Waals surface area contributed by atoms with E-state index < -0.39 is 0 Å². The first-order chi connectivity index (χ1) is 10.1. The number of carbonyl (C=O) groups excluding carboxylic acids is 1. The minimum absolute atomic E-state index is 0.117. The number of benzene rings is 1. The quantitative estimate of drug-likeness (QED) is 0.698. The van der Waals surface area contributed by atoms with Crippen LogP contribution in [0.3, 0.4) is 0 Å². The molecule has 5 nitrogen and oxygen atoms in total. The summed E-state index contributed by atoms with van der Waals surface area (Å²) in [5.41, 5.74) is 1.41. The zero-order chi connectivity index (χ0) is 14.8. The van der Waals surface area contributed by atoms with Crippen molar-refractivity contribution in [1.29, 1.82) is 0 Å². The standard InChI is InChI=1S/C15H13IN4O/c1-10(14-19-18-13-7-2-3-8-20(13)14)17-15(21)11-5-4-6-12(16)9-11/h2-10H,1H3,(H,17,21). The van der Waals surface area contributed by atoms with Crippen LogP contribution in [0.15, 0.2) is 48.7 Å². The van der Waals surface area contributed by atoms with E-state index in [4.69, 9.17) is 0 Å². The van der Waals surface area contributed by atoms with Crippen LogP contribution in [0.25, 0.3) is 5.65 Å². The number of carbonyl (C=O) groups is 1. The normalized spacial score (nSPS) is 12.3. The molecule has 3 aromatic rings. The van der Waals surface area contributed by atoms with E-state index in [0.717, 1.165) is 9.22 Å². The Balaban J connectivity index is 1.83. The van der Waals surface area contributed by atoms with Crippen molar-refractivity contribution in [3.63, 3.8) is 0 Å². The van der Waals surface area contributed by atoms with Crippen molar-refractivity contribution in [2.24, 2.45) is 0 Å². The summed E-state index contributed by atoms with van der Waals surface area (Å²) in [6, 6.07) is 12.9. The number of halogens is 1. The lowest BCUT2D eigenvalue weighted by molar-refractivity contribution is 0.0938. The molecule has 0 aliphatic carbocycles. The monoisotopic (exact) mass is 392 g/mol. The Morgan fingerprint density at radius 1 is 1.24 bits per heavy atom. The number of hydrogen-bond donors (Lipinski definition) is 1. The van der Waals surface area contributed by atoms with Crippen molar-refractivity contribution >= 4 is 34.1 Å². The second kappa shape index (κ2) is 5.80. The van der Waals surface area contributed by atoms with Crippen LogP contribution in [-0.2, 0) is 0 Å². The van der Waals surface area contributed by atoms with Crippen LogP contribution in [-0.4, -0.2) is 20.5 Å². The fourth-order valence-corrected chi connectivity index (χ4v) is 2.67. The number of pyridine rings is 1. The van der Waals surface area contributed by atoms with Gasteiger partial charge in [-0.2, -0.15) is 0 Å². The van der Waals surface area contributed by atoms with Crippen LogP contribution in [0.2, 0.25) is 0 Å². The van der Waals surface area contributed by atoms with Gasteiger partial charge >= 0.3 is 0 Å². The summed E-state index contributed by atoms with van der Waals surface area (Å²) >= 11 is 2.19. The molecule has 2 heterocycles. The molecule has 1 amide bonds. The zero-order valence-electron chi connectivity index (χ0n) is 11.3. The molecule has 21 heavy (non-hydrogen) atoms. The minimum Gasteiger partial charge on any atom is -0.342 e. The lowest BCUT2D eigenvalue weighted by Gasteiger charge is -2.12. The predicted octanol–water partition coefficient (Wildman–Crippen LogP) is 2.82. The van der Waals surface area contributed by atoms with Gasteiger partial charge < -0.3 is 5.32 Å². The number of nitrogens with one attached hydrogen (secondary N) is 1. The van der Waals surface area contributed by atoms with E-state index >= 15 is 0 Å². The van der Waals surface area contributed by atoms with E-state index in [9.17, 15) is 4.79 Å². The smallest absolute Gasteiger partial charge is 0.251 e. The fraction of sp³-hybridized carbons (Fsp3) is 0.133. The van der Waals surface area contributed by atoms with Crippen molar-refractivity contribution in [3.05, 3.63) is 63.6 Å². The van der Waals surface area contributed by atoms with Crippen LogP contribution in [0.4, 0.5) is 0 Å². The lowest BCUT2D eigenvalue weighted by Crippen LogP contribution is -2.28. The van der Waals surface area contributed by atoms with Crippen LogP contribution >= 0.6 is 22.6 Å². The van der Waals surface area contributed by atoms with E-state index in [0.29, 0.717) is 11.4 Å². The number of hydrogen-bond acceptors (Lipinski definition) is 3. The molecule has 0 aliphatic rings. The summed E-state index contributed by atoms with van der Waals surface area (Å²) in [7, 11) is 0. The van der Waals surface area contributed by atoms with Crippen molar-refractivity contribution in [2.75, 3.05) is 0 Å². The van der Waals surface area contributed by atoms with Gasteiger partial charge in [0.1, 0.15) is 0 Å². The minimum atomic E-state index is -0.229. The topological polar surface area (TPSA) is 59.3 Å². The van der Waals surface area contributed by atoms with Gasteiger partial charge in [0, 0.05) is 15.3 Å². The zero-order valence-corrected chi connectivity index (χ0v) is 13.5. The second-order valence-corrected chi connectivity index (χ2v) is 5.94. The largest absolute Gasteiger partial charge is 0.342 e. The fourth-order valence-electron chi connectivity index (χ4n) is 2.13. The van der Waals surface area contributed by atoms with Crippen LogP contribution < -0.4 is 5.32 Å². The Kier molecular flexibility index (Phi) is 3.87. The number of amides is 1. The molecule has 3 rings (SSSR count). The molecule has 2 aromatic heterocycles. The Morgan fingerprint density at radius 3 is 2.90 bits per heavy atom. The molecule has 1 aromatic carbocycles. The van der Waals surface area contributed by atoms with E-state index in [1.807, 2.05) is 53.9 Å². The first-order valence-electron chi connectivity index (χ1n) is 6.51. The summed E-state index contributed by atoms with van der Waals surface area (Å²) in [4.78, 5) is 12.3. The average Bonchev–Trinajstić information content (AvgIpc) is 2.91. The van der Waals surface area contributed by atoms with Crippen LogP contribution in [0, 0.1) is 3.57 Å². The highest BCUT2D eigenvalue weighted by Gasteiger charge is 2.16. The molecule has 6 heteroatoms. The third-order valence-corrected chi connectivity index (χ3v) is 3.83. The average molecular weight is 392 g/mol. The Morgan fingerprint density at radius 2 is 2.10 bits per heavy atom. The van der Waals surface area contributed by atoms with E-state index in [1.165, 1.54) is 0 Å². The maximum Gasteiger partial charge on any atom is 0.251 e. The Bertz CT molecular complexity index is 799. The van der Waals surface area contributed by atoms with Gasteiger partial charge in [-0.1, -0.05) is 12.1 Å². The van der Waals surface area contributed by atoms with Gasteiger partial charge in [0.25, 0.3) is 5.91 Å². The van der Waals surface area contributed by atoms with Crippen molar-refractivity contribution in [1.82, 2.24) is 19.9 Å². The Labute approximate surface area is 135 Å². The lowest BCUT2D eigenvalue weighted by atomic mass is 10.2. The van der Waals surface area contributed by atoms with Gasteiger partial charge in [0.05, 0.1) is 6.04 Å². The summed E-state index contributed by atoms with van der Waals surface area (Å²) in [6.45, 7) is 1.90. The maximum atomic E-state index is 12.3. The molecule has 1 atom stereocenters. The molecule has 1 N–H and O–H groups in total. The van der Waals surface area contributed by atoms with Crippen molar-refractivity contribution in [2.45, 2.75) is 13.0 Å². The van der Waals surface area contributed by atoms with E-state index in [1.54, 1.807) is 6.07 Å². The third-order valence-electron chi connectivity index (χ3n) is 3.16. The summed E-state index contributed by atoms with van der Waals surface area (Å²) < 4.78 is 2.90. The van der Waals surface area contributed by atoms with E-state index in [2.05, 4.69) is 38.1 Å². The third kappa shape index (κ3) is 2.90. The van der Waals surface area contributed by atoms with Gasteiger partial charge in [-0.15, -0.1) is 10.2 Å². The van der Waals surface area contributed by atoms with Crippen molar-refractivity contribution < 1.29 is 4.79 Å². The molecule has 1 unspecified atom stereocenters. The molecule has 0 radical (unpaired) electrons. The number of rotatable bonds is 3. The SMILES string of the molecule is CC(NC(=O)c1cccc(I)c1)c1nnc2ccccn12. The molecule has 0 saturated carbocycles. The molecule has 0 bridgehead atoms. The highest BCUT2D eigenvalue weighted by Crippen LogP contribution is 2.13. The molecule has 106 valence electrons. The molecular weight excluding hydrogens is 379 g/mol. The summed E-state index contributed by atoms with van der Waals surface area (Å²) in [6.07, 6.45) is 1.89. The van der Waals surface area contributed by atoms with Gasteiger partial charge in [-0.25, -0.2) is 0 Å². The van der Waals surface area contributed by atoms with Crippen LogP contribution in [0.1, 0.15) is 29.1 Å². The summed E-state index contributed by atoms with van der Waals surface area (Å²) in [5.74, 6) is 0.596. The maximum absolute atomic E-state index is 12.3. The molecule has 0 aliphatic heterocycles. The first-order valence-corrected chi connectivity index (χ1v) is 7.59. The number of fused-ring (bicyclic) bond motifs is 1. The number of nitrogens with zero attached hydrogens (tertiary/aromatic N) is 3. The molecular formula is C15H13IN4O. The second-order valence-electron chi connectivity index (χ2n) is 4.69. The van der Waals surface area contributed by atoms with E-state index in [-0.39, 0.29) is 11.9 Å². The van der Waals surface area contributed by atoms with Gasteiger partial charge in [0.15, 0.2) is 11.5 Å². The first kappa shape index (κ1) is 14.0. The van der Waals surface area contributed by atoms with Crippen molar-refractivity contribution in [3.8, 4) is 0 Å². The highest BCUT2D eigenvalue weighted by molar-refractivity contribution is 14.1. The predicted molar refractivity (Wildman–Crippen MR) is 88.0 cm³/mol. The van der Waals surface area contributed by atoms with Crippen LogP contribution in [0.5, 0.6) is 0 Å². The van der Waals surface area contributed by atoms with Gasteiger partial charge in [-0.05, 0) is 59.8 Å². The molecule has 0 fully saturated rings. The molecule has 0 spiro atoms. The Hall–Kier alpha value is -1.96. The highest BCUT2D eigenvalue weighted by atomic mass is 127. The van der Waals surface area contributed by atoms with Gasteiger partial charge in [0.2, 0.25) is 0 Å². The summed E-state index contributed by atoms with van der Waals surface area (Å²) in [5, 5.41) is 11.2. The number of aromatic nitrogens is 3. The van der Waals surface area contributed by atoms with Gasteiger partial charge in [-0.3, -0.25) is 9.20 Å².